The predicted octanol–water partition coefficient (Wildman–Crippen LogP) is 4.35. The molecule has 0 aromatic rings. The normalized spacial score (nSPS) is 22.2. The number of carbonyl (C=O) groups is 1. The summed E-state index contributed by atoms with van der Waals surface area (Å²) >= 11 is 0. The number of methoxy groups -OCH3 is 3. The Morgan fingerprint density at radius 1 is 1.25 bits per heavy atom. The number of aliphatic hydroxyl groups is 1. The Kier molecular flexibility index (Phi) is 9.63. The van der Waals surface area contributed by atoms with Crippen LogP contribution in [0.4, 0.5) is 0 Å². The van der Waals surface area contributed by atoms with E-state index in [9.17, 15) is 9.90 Å². The van der Waals surface area contributed by atoms with Gasteiger partial charge in [-0.25, -0.2) is 0 Å². The summed E-state index contributed by atoms with van der Waals surface area (Å²) in [4.78, 5) is 15.4. The number of aliphatic hydroxyl groups excluding tert-OH is 1. The Morgan fingerprint density at radius 3 is 2.47 bits per heavy atom. The summed E-state index contributed by atoms with van der Waals surface area (Å²) in [5.41, 5.74) is 0.794. The average molecular weight is 446 g/mol. The summed E-state index contributed by atoms with van der Waals surface area (Å²) < 4.78 is 16.6. The fourth-order valence-electron chi connectivity index (χ4n) is 4.19. The molecule has 0 saturated heterocycles. The molecule has 2 rings (SSSR count). The van der Waals surface area contributed by atoms with Gasteiger partial charge in [0.2, 0.25) is 5.91 Å². The number of carbonyl (C=O) groups excluding carboxylic acids is 1. The van der Waals surface area contributed by atoms with Gasteiger partial charge in [0.15, 0.2) is 11.5 Å². The number of rotatable bonds is 12. The molecule has 1 N–H and O–H groups in total. The van der Waals surface area contributed by atoms with Gasteiger partial charge >= 0.3 is 0 Å². The monoisotopic (exact) mass is 445 g/mol. The van der Waals surface area contributed by atoms with Crippen molar-refractivity contribution < 1.29 is 24.1 Å². The van der Waals surface area contributed by atoms with Crippen molar-refractivity contribution >= 4 is 5.91 Å². The highest BCUT2D eigenvalue weighted by atomic mass is 16.5. The van der Waals surface area contributed by atoms with E-state index in [1.807, 2.05) is 32.1 Å². The predicted molar refractivity (Wildman–Crippen MR) is 126 cm³/mol. The topological polar surface area (TPSA) is 68.2 Å². The lowest BCUT2D eigenvalue weighted by Gasteiger charge is -2.36. The molecule has 1 unspecified atom stereocenters. The second kappa shape index (κ2) is 12.0. The van der Waals surface area contributed by atoms with E-state index in [-0.39, 0.29) is 23.8 Å². The molecule has 178 valence electrons. The highest BCUT2D eigenvalue weighted by Gasteiger charge is 2.40. The van der Waals surface area contributed by atoms with Crippen molar-refractivity contribution in [3.05, 3.63) is 59.8 Å². The Labute approximate surface area is 192 Å². The molecule has 6 nitrogen and oxygen atoms in total. The van der Waals surface area contributed by atoms with Crippen molar-refractivity contribution in [2.75, 3.05) is 28.4 Å². The summed E-state index contributed by atoms with van der Waals surface area (Å²) in [6.07, 6.45) is 12.1. The number of ether oxygens (including phenoxy) is 3. The zero-order valence-corrected chi connectivity index (χ0v) is 20.3. The molecule has 6 heteroatoms. The minimum Gasteiger partial charge on any atom is -0.497 e. The first-order valence-electron chi connectivity index (χ1n) is 11.3. The van der Waals surface area contributed by atoms with Crippen molar-refractivity contribution in [2.24, 2.45) is 17.8 Å². The van der Waals surface area contributed by atoms with Crippen LogP contribution in [0.3, 0.4) is 0 Å². The fourth-order valence-corrected chi connectivity index (χ4v) is 4.19. The summed E-state index contributed by atoms with van der Waals surface area (Å²) in [6.45, 7) is 7.40. The van der Waals surface area contributed by atoms with Crippen LogP contribution in [0.25, 0.3) is 0 Å². The van der Waals surface area contributed by atoms with Gasteiger partial charge in [0.25, 0.3) is 0 Å². The Hall–Kier alpha value is -2.47. The summed E-state index contributed by atoms with van der Waals surface area (Å²) in [5, 5.41) is 10.8. The van der Waals surface area contributed by atoms with Crippen LogP contribution in [0, 0.1) is 17.8 Å². The molecule has 1 saturated carbocycles. The molecule has 0 radical (unpaired) electrons. The van der Waals surface area contributed by atoms with Crippen LogP contribution in [0.2, 0.25) is 0 Å². The molecule has 0 spiro atoms. The Balaban J connectivity index is 2.25. The van der Waals surface area contributed by atoms with Gasteiger partial charge in [0.1, 0.15) is 5.76 Å². The number of nitrogens with zero attached hydrogens (tertiary/aromatic N) is 1. The van der Waals surface area contributed by atoms with Gasteiger partial charge in [-0.3, -0.25) is 4.79 Å². The molecule has 32 heavy (non-hydrogen) atoms. The lowest BCUT2D eigenvalue weighted by molar-refractivity contribution is -0.139. The van der Waals surface area contributed by atoms with Crippen LogP contribution >= 0.6 is 0 Å². The highest BCUT2D eigenvalue weighted by molar-refractivity contribution is 5.80. The number of allylic oxidation sites excluding steroid dienone is 6. The summed E-state index contributed by atoms with van der Waals surface area (Å²) in [6, 6.07) is -0.362. The van der Waals surface area contributed by atoms with E-state index in [1.165, 1.54) is 0 Å². The maximum atomic E-state index is 13.7. The molecular formula is C26H39NO5. The maximum Gasteiger partial charge on any atom is 0.226 e. The molecule has 1 amide bonds. The second-order valence-electron chi connectivity index (χ2n) is 8.72. The van der Waals surface area contributed by atoms with Crippen LogP contribution in [0.1, 0.15) is 39.5 Å². The highest BCUT2D eigenvalue weighted by Crippen LogP contribution is 2.42. The van der Waals surface area contributed by atoms with Crippen molar-refractivity contribution in [1.29, 1.82) is 0 Å². The molecule has 2 aliphatic rings. The van der Waals surface area contributed by atoms with Crippen LogP contribution in [-0.4, -0.2) is 56.4 Å². The quantitative estimate of drug-likeness (QED) is 0.452. The first-order chi connectivity index (χ1) is 15.3. The van der Waals surface area contributed by atoms with Gasteiger partial charge in [0.05, 0.1) is 33.5 Å². The minimum atomic E-state index is -0.758. The standard InChI is InChI=1S/C26H39NO5/c1-8-9-10-11-17(2)24(28)18(3)27(4)26(29)21(14-19-12-13-19)20-15-22(30-5)25(32-7)23(16-20)31-6/h8-11,15,18-21,24,28H,1,12-14,16H2,2-7H3/b10-9-,17-11+/t18-,20?,21-,24-/m0/s1. The Bertz CT molecular complexity index is 790. The van der Waals surface area contributed by atoms with Crippen LogP contribution in [0.5, 0.6) is 0 Å². The Morgan fingerprint density at radius 2 is 1.94 bits per heavy atom. The third kappa shape index (κ3) is 6.28. The molecule has 1 fully saturated rings. The third-order valence-corrected chi connectivity index (χ3v) is 6.54. The number of amides is 1. The lowest BCUT2D eigenvalue weighted by Crippen LogP contribution is -2.47. The van der Waals surface area contributed by atoms with E-state index in [1.54, 1.807) is 45.4 Å². The largest absolute Gasteiger partial charge is 0.497 e. The van der Waals surface area contributed by atoms with Crippen molar-refractivity contribution in [3.63, 3.8) is 0 Å². The average Bonchev–Trinajstić information content (AvgIpc) is 3.63. The van der Waals surface area contributed by atoms with E-state index in [0.29, 0.717) is 29.6 Å². The van der Waals surface area contributed by atoms with Gasteiger partial charge < -0.3 is 24.2 Å². The molecular weight excluding hydrogens is 406 g/mol. The molecule has 2 aliphatic carbocycles. The molecule has 0 bridgehead atoms. The number of hydrogen-bond donors (Lipinski definition) is 1. The number of likely N-dealkylation sites (N-methyl/N-ethyl adjacent to an activating group) is 1. The first kappa shape index (κ1) is 25.8. The molecule has 4 atom stereocenters. The van der Waals surface area contributed by atoms with Gasteiger partial charge in [0, 0.05) is 19.4 Å². The molecule has 0 aromatic heterocycles. The molecule has 0 aliphatic heterocycles. The van der Waals surface area contributed by atoms with Crippen molar-refractivity contribution in [3.8, 4) is 0 Å². The maximum absolute atomic E-state index is 13.7. The van der Waals surface area contributed by atoms with Gasteiger partial charge in [-0.1, -0.05) is 43.7 Å². The van der Waals surface area contributed by atoms with Gasteiger partial charge in [-0.05, 0) is 43.8 Å². The first-order valence-corrected chi connectivity index (χ1v) is 11.3. The zero-order valence-electron chi connectivity index (χ0n) is 20.3. The van der Waals surface area contributed by atoms with Crippen LogP contribution in [-0.2, 0) is 19.0 Å². The third-order valence-electron chi connectivity index (χ3n) is 6.54. The summed E-state index contributed by atoms with van der Waals surface area (Å²) in [5.74, 6) is 2.18. The van der Waals surface area contributed by atoms with E-state index in [2.05, 4.69) is 6.58 Å². The summed E-state index contributed by atoms with van der Waals surface area (Å²) in [7, 11) is 6.58. The van der Waals surface area contributed by atoms with Gasteiger partial charge in [-0.15, -0.1) is 0 Å². The smallest absolute Gasteiger partial charge is 0.226 e. The van der Waals surface area contributed by atoms with E-state index in [4.69, 9.17) is 14.2 Å². The van der Waals surface area contributed by atoms with Crippen molar-refractivity contribution in [2.45, 2.75) is 51.7 Å². The lowest BCUT2D eigenvalue weighted by atomic mass is 9.80. The SMILES string of the molecule is C=C/C=C\C=C(/C)[C@H](O)[C@H](C)N(C)C(=O)[C@@H](CC1CC1)C1C=C(OC)C(OC)=C(OC)C1. The van der Waals surface area contributed by atoms with Crippen LogP contribution < -0.4 is 0 Å². The minimum absolute atomic E-state index is 0.0332. The van der Waals surface area contributed by atoms with Gasteiger partial charge in [-0.2, -0.15) is 0 Å². The molecule has 0 aromatic carbocycles. The zero-order chi connectivity index (χ0) is 23.8. The fraction of sp³-hybridized carbons (Fsp3) is 0.577. The van der Waals surface area contributed by atoms with Crippen molar-refractivity contribution in [1.82, 2.24) is 4.90 Å². The van der Waals surface area contributed by atoms with Crippen LogP contribution in [0.15, 0.2) is 59.8 Å². The van der Waals surface area contributed by atoms with E-state index >= 15 is 0 Å². The van der Waals surface area contributed by atoms with E-state index in [0.717, 1.165) is 24.8 Å². The number of hydrogen-bond acceptors (Lipinski definition) is 5. The molecule has 0 heterocycles. The van der Waals surface area contributed by atoms with E-state index < -0.39 is 6.10 Å². The second-order valence-corrected chi connectivity index (χ2v) is 8.72.